The van der Waals surface area contributed by atoms with Crippen LogP contribution in [0.15, 0.2) is 24.3 Å². The number of ether oxygens (including phenoxy) is 1. The molecule has 156 valence electrons. The van der Waals surface area contributed by atoms with Gasteiger partial charge in [0.15, 0.2) is 0 Å². The highest BCUT2D eigenvalue weighted by atomic mass is 35.5. The highest BCUT2D eigenvalue weighted by Crippen LogP contribution is 2.41. The van der Waals surface area contributed by atoms with E-state index in [1.807, 2.05) is 0 Å². The van der Waals surface area contributed by atoms with Crippen LogP contribution in [0.3, 0.4) is 0 Å². The third-order valence-electron chi connectivity index (χ3n) is 6.68. The maximum Gasteiger partial charge on any atom is 0.120 e. The van der Waals surface area contributed by atoms with Crippen molar-refractivity contribution in [2.45, 2.75) is 68.9 Å². The van der Waals surface area contributed by atoms with E-state index in [-0.39, 0.29) is 30.2 Å². The molecule has 0 atom stereocenters. The summed E-state index contributed by atoms with van der Waals surface area (Å²) < 4.78 is 6.19. The maximum absolute atomic E-state index is 10.1. The summed E-state index contributed by atoms with van der Waals surface area (Å²) in [6, 6.07) is 11.7. The van der Waals surface area contributed by atoms with Gasteiger partial charge in [-0.25, -0.2) is 0 Å². The zero-order valence-electron chi connectivity index (χ0n) is 16.6. The summed E-state index contributed by atoms with van der Waals surface area (Å²) in [7, 11) is 0. The predicted octanol–water partition coefficient (Wildman–Crippen LogP) is 4.46. The van der Waals surface area contributed by atoms with Crippen molar-refractivity contribution >= 4 is 24.8 Å². The van der Waals surface area contributed by atoms with Gasteiger partial charge in [0.05, 0.1) is 17.6 Å². The number of nitrogens with zero attached hydrogens (tertiary/aromatic N) is 2. The van der Waals surface area contributed by atoms with Crippen molar-refractivity contribution in [2.75, 3.05) is 26.2 Å². The molecule has 0 aromatic heterocycles. The SMILES string of the molecule is Cl.Cl.N#CC1(c2cccc(OC3CCCC3)c2)CCC(N2CCNCC2)CC1. The molecule has 4 rings (SSSR count). The van der Waals surface area contributed by atoms with Crippen LogP contribution in [0.25, 0.3) is 0 Å². The van der Waals surface area contributed by atoms with E-state index >= 15 is 0 Å². The molecular weight excluding hydrogens is 393 g/mol. The lowest BCUT2D eigenvalue weighted by atomic mass is 9.69. The van der Waals surface area contributed by atoms with Gasteiger partial charge in [0.1, 0.15) is 5.75 Å². The van der Waals surface area contributed by atoms with Crippen molar-refractivity contribution in [1.29, 1.82) is 5.26 Å². The topological polar surface area (TPSA) is 48.3 Å². The number of piperazine rings is 1. The van der Waals surface area contributed by atoms with E-state index in [1.54, 1.807) is 0 Å². The zero-order valence-corrected chi connectivity index (χ0v) is 18.2. The Morgan fingerprint density at radius 3 is 2.36 bits per heavy atom. The van der Waals surface area contributed by atoms with E-state index in [9.17, 15) is 5.26 Å². The van der Waals surface area contributed by atoms with E-state index in [1.165, 1.54) is 25.7 Å². The lowest BCUT2D eigenvalue weighted by Crippen LogP contribution is -2.50. The Labute approximate surface area is 181 Å². The first kappa shape index (κ1) is 23.3. The normalized spacial score (nSPS) is 28.6. The maximum atomic E-state index is 10.1. The summed E-state index contributed by atoms with van der Waals surface area (Å²) >= 11 is 0. The Hall–Kier alpha value is -0.990. The Morgan fingerprint density at radius 1 is 1.04 bits per heavy atom. The summed E-state index contributed by atoms with van der Waals surface area (Å²) in [5.41, 5.74) is 0.828. The van der Waals surface area contributed by atoms with Gasteiger partial charge in [-0.3, -0.25) is 4.90 Å². The molecule has 2 aliphatic carbocycles. The average Bonchev–Trinajstić information content (AvgIpc) is 3.22. The minimum Gasteiger partial charge on any atom is -0.490 e. The van der Waals surface area contributed by atoms with Crippen molar-refractivity contribution in [2.24, 2.45) is 0 Å². The highest BCUT2D eigenvalue weighted by molar-refractivity contribution is 5.85. The van der Waals surface area contributed by atoms with Gasteiger partial charge in [-0.2, -0.15) is 5.26 Å². The van der Waals surface area contributed by atoms with Crippen LogP contribution in [-0.2, 0) is 5.41 Å². The number of hydrogen-bond acceptors (Lipinski definition) is 4. The highest BCUT2D eigenvalue weighted by Gasteiger charge is 2.39. The smallest absolute Gasteiger partial charge is 0.120 e. The minimum atomic E-state index is -0.334. The van der Waals surface area contributed by atoms with Crippen LogP contribution in [0.5, 0.6) is 5.75 Å². The summed E-state index contributed by atoms with van der Waals surface area (Å²) in [5.74, 6) is 0.952. The fourth-order valence-corrected chi connectivity index (χ4v) is 5.04. The van der Waals surface area contributed by atoms with E-state index < -0.39 is 0 Å². The number of halogens is 2. The van der Waals surface area contributed by atoms with Gasteiger partial charge >= 0.3 is 0 Å². The van der Waals surface area contributed by atoms with E-state index in [4.69, 9.17) is 4.74 Å². The van der Waals surface area contributed by atoms with Crippen molar-refractivity contribution in [3.8, 4) is 11.8 Å². The number of rotatable bonds is 4. The van der Waals surface area contributed by atoms with Gasteiger partial charge < -0.3 is 10.1 Å². The molecule has 0 unspecified atom stereocenters. The van der Waals surface area contributed by atoms with Gasteiger partial charge in [0, 0.05) is 32.2 Å². The monoisotopic (exact) mass is 425 g/mol. The Morgan fingerprint density at radius 2 is 1.71 bits per heavy atom. The molecule has 4 nitrogen and oxygen atoms in total. The van der Waals surface area contributed by atoms with Crippen molar-refractivity contribution in [1.82, 2.24) is 10.2 Å². The standard InChI is InChI=1S/C22H31N3O.2ClH/c23-17-22(10-8-19(9-11-22)25-14-12-24-13-15-25)18-4-3-7-21(16-18)26-20-5-1-2-6-20;;/h3-4,7,16,19-20,24H,1-2,5-6,8-15H2;2*1H. The van der Waals surface area contributed by atoms with Crippen molar-refractivity contribution in [3.63, 3.8) is 0 Å². The Kier molecular flexibility index (Phi) is 8.89. The van der Waals surface area contributed by atoms with Crippen molar-refractivity contribution < 1.29 is 4.74 Å². The van der Waals surface area contributed by atoms with Crippen LogP contribution in [0.1, 0.15) is 56.9 Å². The molecule has 1 heterocycles. The van der Waals surface area contributed by atoms with Crippen LogP contribution >= 0.6 is 24.8 Å². The molecule has 1 aliphatic heterocycles. The van der Waals surface area contributed by atoms with E-state index in [2.05, 4.69) is 40.6 Å². The number of benzene rings is 1. The van der Waals surface area contributed by atoms with Gasteiger partial charge in [-0.1, -0.05) is 12.1 Å². The van der Waals surface area contributed by atoms with Gasteiger partial charge in [0.2, 0.25) is 0 Å². The molecule has 3 aliphatic rings. The number of hydrogen-bond donors (Lipinski definition) is 1. The summed E-state index contributed by atoms with van der Waals surface area (Å²) in [4.78, 5) is 2.62. The largest absolute Gasteiger partial charge is 0.490 e. The van der Waals surface area contributed by atoms with Crippen LogP contribution in [-0.4, -0.2) is 43.2 Å². The first-order valence-electron chi connectivity index (χ1n) is 10.4. The molecule has 1 N–H and O–H groups in total. The Balaban J connectivity index is 0.00000140. The fraction of sp³-hybridized carbons (Fsp3) is 0.682. The fourth-order valence-electron chi connectivity index (χ4n) is 5.04. The molecule has 1 saturated heterocycles. The molecule has 0 amide bonds. The molecule has 2 saturated carbocycles. The zero-order chi connectivity index (χ0) is 17.8. The van der Waals surface area contributed by atoms with Crippen LogP contribution < -0.4 is 10.1 Å². The first-order valence-corrected chi connectivity index (χ1v) is 10.4. The van der Waals surface area contributed by atoms with Crippen LogP contribution in [0, 0.1) is 11.3 Å². The van der Waals surface area contributed by atoms with E-state index in [0.29, 0.717) is 12.1 Å². The molecule has 28 heavy (non-hydrogen) atoms. The second kappa shape index (κ2) is 10.7. The van der Waals surface area contributed by atoms with Crippen molar-refractivity contribution in [3.05, 3.63) is 29.8 Å². The lowest BCUT2D eigenvalue weighted by molar-refractivity contribution is 0.122. The van der Waals surface area contributed by atoms with Gasteiger partial charge in [-0.15, -0.1) is 24.8 Å². The molecule has 3 fully saturated rings. The predicted molar refractivity (Wildman–Crippen MR) is 118 cm³/mol. The average molecular weight is 426 g/mol. The third-order valence-corrected chi connectivity index (χ3v) is 6.68. The lowest BCUT2D eigenvalue weighted by Gasteiger charge is -2.42. The molecule has 1 aromatic rings. The first-order chi connectivity index (χ1) is 12.8. The minimum absolute atomic E-state index is 0. The quantitative estimate of drug-likeness (QED) is 0.772. The summed E-state index contributed by atoms with van der Waals surface area (Å²) in [5, 5.41) is 13.5. The Bertz CT molecular complexity index is 643. The number of nitrogens with one attached hydrogen (secondary N) is 1. The molecule has 0 bridgehead atoms. The van der Waals surface area contributed by atoms with Crippen LogP contribution in [0.4, 0.5) is 0 Å². The van der Waals surface area contributed by atoms with Gasteiger partial charge in [-0.05, 0) is 69.1 Å². The van der Waals surface area contributed by atoms with Crippen LogP contribution in [0.2, 0.25) is 0 Å². The summed E-state index contributed by atoms with van der Waals surface area (Å²) in [6.07, 6.45) is 9.44. The molecular formula is C22H33Cl2N3O. The molecule has 6 heteroatoms. The second-order valence-corrected chi connectivity index (χ2v) is 8.26. The molecule has 0 spiro atoms. The molecule has 1 aromatic carbocycles. The van der Waals surface area contributed by atoms with E-state index in [0.717, 1.165) is 63.2 Å². The number of nitriles is 1. The van der Waals surface area contributed by atoms with Gasteiger partial charge in [0.25, 0.3) is 0 Å². The second-order valence-electron chi connectivity index (χ2n) is 8.26. The molecule has 0 radical (unpaired) electrons. The summed E-state index contributed by atoms with van der Waals surface area (Å²) in [6.45, 7) is 4.49. The third kappa shape index (κ3) is 5.13.